The van der Waals surface area contributed by atoms with Crippen LogP contribution in [0.2, 0.25) is 0 Å². The van der Waals surface area contributed by atoms with Gasteiger partial charge in [-0.25, -0.2) is 0 Å². The van der Waals surface area contributed by atoms with E-state index < -0.39 is 0 Å². The normalized spacial score (nSPS) is 14.7. The number of rotatable bonds is 7. The highest BCUT2D eigenvalue weighted by Crippen LogP contribution is 2.27. The third kappa shape index (κ3) is 4.51. The topological polar surface area (TPSA) is 20.6 Å². The summed E-state index contributed by atoms with van der Waals surface area (Å²) < 4.78 is 7.91. The molecule has 0 radical (unpaired) electrons. The molecule has 1 aromatic heterocycles. The van der Waals surface area contributed by atoms with E-state index in [0.29, 0.717) is 0 Å². The molecule has 3 aromatic carbocycles. The third-order valence-corrected chi connectivity index (χ3v) is 6.56. The van der Waals surface area contributed by atoms with Gasteiger partial charge in [0.25, 0.3) is 0 Å². The largest absolute Gasteiger partial charge is 0.497 e. The van der Waals surface area contributed by atoms with Gasteiger partial charge in [-0.15, -0.1) is 0 Å². The number of benzene rings is 3. The molecule has 0 atom stereocenters. The van der Waals surface area contributed by atoms with Crippen molar-refractivity contribution in [2.45, 2.75) is 13.0 Å². The van der Waals surface area contributed by atoms with Crippen LogP contribution >= 0.6 is 0 Å². The van der Waals surface area contributed by atoms with Crippen molar-refractivity contribution in [1.29, 1.82) is 0 Å². The zero-order valence-electron chi connectivity index (χ0n) is 18.8. The summed E-state index contributed by atoms with van der Waals surface area (Å²) in [7, 11) is 1.74. The van der Waals surface area contributed by atoms with Crippen LogP contribution < -0.4 is 9.64 Å². The number of nitrogens with zero attached hydrogens (tertiary/aromatic N) is 3. The first-order chi connectivity index (χ1) is 15.8. The molecule has 0 spiro atoms. The Bertz CT molecular complexity index is 1150. The fourth-order valence-electron chi connectivity index (χ4n) is 4.73. The zero-order valence-corrected chi connectivity index (χ0v) is 18.8. The molecule has 4 aromatic rings. The highest BCUT2D eigenvalue weighted by Gasteiger charge is 2.18. The number of anilines is 1. The maximum Gasteiger partial charge on any atom is 0.119 e. The molecule has 5 rings (SSSR count). The number of para-hydroxylation sites is 1. The number of methoxy groups -OCH3 is 1. The maximum absolute atomic E-state index is 5.53. The average Bonchev–Trinajstić information content (AvgIpc) is 3.20. The van der Waals surface area contributed by atoms with Gasteiger partial charge >= 0.3 is 0 Å². The molecule has 0 aliphatic carbocycles. The van der Waals surface area contributed by atoms with Crippen LogP contribution in [0.25, 0.3) is 10.9 Å². The lowest BCUT2D eigenvalue weighted by Crippen LogP contribution is -2.46. The van der Waals surface area contributed by atoms with E-state index in [0.717, 1.165) is 51.4 Å². The molecule has 0 unspecified atom stereocenters. The minimum absolute atomic E-state index is 0.888. The van der Waals surface area contributed by atoms with Crippen LogP contribution in [0, 0.1) is 0 Å². The van der Waals surface area contributed by atoms with E-state index in [4.69, 9.17) is 4.74 Å². The lowest BCUT2D eigenvalue weighted by molar-refractivity contribution is 0.261. The number of fused-ring (bicyclic) bond motifs is 1. The van der Waals surface area contributed by atoms with E-state index in [9.17, 15) is 0 Å². The van der Waals surface area contributed by atoms with Crippen molar-refractivity contribution < 1.29 is 4.74 Å². The summed E-state index contributed by atoms with van der Waals surface area (Å²) >= 11 is 0. The minimum atomic E-state index is 0.888. The third-order valence-electron chi connectivity index (χ3n) is 6.56. The molecule has 0 saturated carbocycles. The first-order valence-electron chi connectivity index (χ1n) is 11.5. The second-order valence-corrected chi connectivity index (χ2v) is 8.57. The van der Waals surface area contributed by atoms with Crippen molar-refractivity contribution in [1.82, 2.24) is 9.47 Å². The van der Waals surface area contributed by atoms with E-state index in [-0.39, 0.29) is 0 Å². The zero-order chi connectivity index (χ0) is 21.8. The van der Waals surface area contributed by atoms with Crippen LogP contribution in [0.1, 0.15) is 11.1 Å². The molecule has 164 valence electrons. The lowest BCUT2D eigenvalue weighted by Gasteiger charge is -2.36. The average molecular weight is 426 g/mol. The smallest absolute Gasteiger partial charge is 0.119 e. The number of piperazine rings is 1. The van der Waals surface area contributed by atoms with Crippen molar-refractivity contribution in [3.63, 3.8) is 0 Å². The van der Waals surface area contributed by atoms with Gasteiger partial charge in [0.15, 0.2) is 0 Å². The Morgan fingerprint density at radius 1 is 0.812 bits per heavy atom. The first-order valence-corrected chi connectivity index (χ1v) is 11.5. The van der Waals surface area contributed by atoms with Gasteiger partial charge in [-0.1, -0.05) is 48.5 Å². The van der Waals surface area contributed by atoms with Crippen LogP contribution in [0.15, 0.2) is 85.1 Å². The van der Waals surface area contributed by atoms with Crippen LogP contribution in [0.4, 0.5) is 5.69 Å². The number of aromatic nitrogens is 1. The van der Waals surface area contributed by atoms with Gasteiger partial charge in [0.05, 0.1) is 7.11 Å². The van der Waals surface area contributed by atoms with Crippen molar-refractivity contribution in [3.05, 3.63) is 96.2 Å². The molecule has 1 aliphatic heterocycles. The number of ether oxygens (including phenoxy) is 1. The standard InChI is InChI=1S/C28H31N3O/c1-32-26-12-13-28-27(20-26)24(22-31(28)21-23-8-4-2-5-9-23)14-15-29-16-18-30(19-17-29)25-10-6-3-7-11-25/h2-13,20,22H,14-19,21H2,1H3. The highest BCUT2D eigenvalue weighted by molar-refractivity contribution is 5.85. The second kappa shape index (κ2) is 9.49. The van der Waals surface area contributed by atoms with E-state index >= 15 is 0 Å². The Balaban J connectivity index is 1.29. The summed E-state index contributed by atoms with van der Waals surface area (Å²) in [5, 5.41) is 1.31. The predicted octanol–water partition coefficient (Wildman–Crippen LogP) is 5.06. The van der Waals surface area contributed by atoms with E-state index in [1.54, 1.807) is 7.11 Å². The van der Waals surface area contributed by atoms with Crippen LogP contribution in [-0.2, 0) is 13.0 Å². The highest BCUT2D eigenvalue weighted by atomic mass is 16.5. The summed E-state index contributed by atoms with van der Waals surface area (Å²) in [6.07, 6.45) is 3.40. The molecular formula is C28H31N3O. The molecule has 4 nitrogen and oxygen atoms in total. The molecule has 1 fully saturated rings. The van der Waals surface area contributed by atoms with Crippen molar-refractivity contribution >= 4 is 16.6 Å². The molecule has 0 bridgehead atoms. The van der Waals surface area contributed by atoms with Gasteiger partial charge in [0.1, 0.15) is 5.75 Å². The van der Waals surface area contributed by atoms with Crippen molar-refractivity contribution in [2.75, 3.05) is 44.7 Å². The lowest BCUT2D eigenvalue weighted by atomic mass is 10.1. The van der Waals surface area contributed by atoms with Gasteiger partial charge in [-0.3, -0.25) is 4.90 Å². The Hall–Kier alpha value is -3.24. The summed E-state index contributed by atoms with van der Waals surface area (Å²) in [6, 6.07) is 27.9. The first kappa shape index (κ1) is 20.7. The Kier molecular flexibility index (Phi) is 6.13. The molecule has 2 heterocycles. The molecule has 4 heteroatoms. The summed E-state index contributed by atoms with van der Waals surface area (Å²) in [4.78, 5) is 5.09. The number of hydrogen-bond donors (Lipinski definition) is 0. The molecule has 0 N–H and O–H groups in total. The predicted molar refractivity (Wildman–Crippen MR) is 133 cm³/mol. The summed E-state index contributed by atoms with van der Waals surface area (Å²) in [6.45, 7) is 6.38. The number of hydrogen-bond acceptors (Lipinski definition) is 3. The fraction of sp³-hybridized carbons (Fsp3) is 0.286. The second-order valence-electron chi connectivity index (χ2n) is 8.57. The molecule has 0 amide bonds. The quantitative estimate of drug-likeness (QED) is 0.413. The molecule has 1 saturated heterocycles. The van der Waals surface area contributed by atoms with Crippen LogP contribution in [-0.4, -0.2) is 49.3 Å². The molecule has 1 aliphatic rings. The van der Waals surface area contributed by atoms with Gasteiger partial charge in [-0.05, 0) is 47.9 Å². The maximum atomic E-state index is 5.53. The van der Waals surface area contributed by atoms with E-state index in [1.165, 1.54) is 27.7 Å². The monoisotopic (exact) mass is 425 g/mol. The van der Waals surface area contributed by atoms with Crippen LogP contribution in [0.3, 0.4) is 0 Å². The summed E-state index contributed by atoms with van der Waals surface area (Å²) in [5.74, 6) is 0.924. The van der Waals surface area contributed by atoms with Gasteiger partial charge < -0.3 is 14.2 Å². The van der Waals surface area contributed by atoms with E-state index in [2.05, 4.69) is 99.4 Å². The van der Waals surface area contributed by atoms with E-state index in [1.807, 2.05) is 0 Å². The van der Waals surface area contributed by atoms with Crippen molar-refractivity contribution in [2.24, 2.45) is 0 Å². The van der Waals surface area contributed by atoms with Gasteiger partial charge in [0, 0.05) is 62.1 Å². The molecular weight excluding hydrogens is 394 g/mol. The molecule has 32 heavy (non-hydrogen) atoms. The van der Waals surface area contributed by atoms with Crippen LogP contribution in [0.5, 0.6) is 5.75 Å². The van der Waals surface area contributed by atoms with Gasteiger partial charge in [0.2, 0.25) is 0 Å². The SMILES string of the molecule is COc1ccc2c(c1)c(CCN1CCN(c3ccccc3)CC1)cn2Cc1ccccc1. The Morgan fingerprint density at radius 2 is 1.53 bits per heavy atom. The van der Waals surface area contributed by atoms with Crippen molar-refractivity contribution in [3.8, 4) is 5.75 Å². The summed E-state index contributed by atoms with van der Waals surface area (Å²) in [5.41, 5.74) is 5.34. The fourth-order valence-corrected chi connectivity index (χ4v) is 4.73. The minimum Gasteiger partial charge on any atom is -0.497 e. The Morgan fingerprint density at radius 3 is 2.25 bits per heavy atom. The van der Waals surface area contributed by atoms with Gasteiger partial charge in [-0.2, -0.15) is 0 Å². The Labute approximate surface area is 190 Å².